The fraction of sp³-hybridized carbons (Fsp3) is 0.233. The number of benzene rings is 3. The molecule has 5 rings (SSSR count). The van der Waals surface area contributed by atoms with Gasteiger partial charge in [0.2, 0.25) is 17.8 Å². The second-order valence-corrected chi connectivity index (χ2v) is 9.08. The second kappa shape index (κ2) is 11.1. The van der Waals surface area contributed by atoms with Crippen LogP contribution >= 0.6 is 0 Å². The molecule has 7 nitrogen and oxygen atoms in total. The molecule has 1 fully saturated rings. The lowest BCUT2D eigenvalue weighted by Gasteiger charge is -2.22. The molecule has 0 unspecified atom stereocenters. The van der Waals surface area contributed by atoms with E-state index in [1.807, 2.05) is 103 Å². The minimum Gasteiger partial charge on any atom is -0.494 e. The van der Waals surface area contributed by atoms with Crippen LogP contribution in [-0.2, 0) is 16.0 Å². The molecule has 188 valence electrons. The van der Waals surface area contributed by atoms with Gasteiger partial charge in [-0.3, -0.25) is 19.5 Å². The monoisotopic (exact) mass is 494 g/mol. The first-order chi connectivity index (χ1) is 18.1. The number of hydrogen-bond acceptors (Lipinski definition) is 4. The van der Waals surface area contributed by atoms with E-state index >= 15 is 0 Å². The first-order valence-electron chi connectivity index (χ1n) is 12.6. The Kier molecular flexibility index (Phi) is 7.31. The summed E-state index contributed by atoms with van der Waals surface area (Å²) >= 11 is 0. The van der Waals surface area contributed by atoms with Crippen LogP contribution in [-0.4, -0.2) is 45.5 Å². The zero-order valence-corrected chi connectivity index (χ0v) is 20.8. The quantitative estimate of drug-likeness (QED) is 0.332. The van der Waals surface area contributed by atoms with Gasteiger partial charge in [-0.2, -0.15) is 0 Å². The molecule has 7 heteroatoms. The van der Waals surface area contributed by atoms with Gasteiger partial charge in [0.05, 0.1) is 24.4 Å². The average molecular weight is 495 g/mol. The van der Waals surface area contributed by atoms with Crippen LogP contribution in [0.15, 0.2) is 91.1 Å². The van der Waals surface area contributed by atoms with Crippen molar-refractivity contribution in [2.24, 2.45) is 0 Å². The highest BCUT2D eigenvalue weighted by molar-refractivity contribution is 5.94. The summed E-state index contributed by atoms with van der Waals surface area (Å²) in [7, 11) is 0. The smallest absolute Gasteiger partial charge is 0.246 e. The largest absolute Gasteiger partial charge is 0.494 e. The summed E-state index contributed by atoms with van der Waals surface area (Å²) in [5.74, 6) is 0.810. The van der Waals surface area contributed by atoms with E-state index in [2.05, 4.69) is 5.32 Å². The van der Waals surface area contributed by atoms with Crippen LogP contribution in [0.2, 0.25) is 0 Å². The van der Waals surface area contributed by atoms with Crippen LogP contribution in [0.3, 0.4) is 0 Å². The van der Waals surface area contributed by atoms with E-state index in [9.17, 15) is 9.59 Å². The molecular formula is C30H30N4O3. The van der Waals surface area contributed by atoms with Crippen LogP contribution < -0.4 is 10.1 Å². The Balaban J connectivity index is 1.38. The minimum absolute atomic E-state index is 0.0111. The molecular weight excluding hydrogens is 464 g/mol. The molecule has 0 aliphatic heterocycles. The van der Waals surface area contributed by atoms with Crippen LogP contribution in [0.5, 0.6) is 5.75 Å². The summed E-state index contributed by atoms with van der Waals surface area (Å²) in [4.78, 5) is 32.7. The van der Waals surface area contributed by atoms with Crippen molar-refractivity contribution >= 4 is 17.8 Å². The number of amides is 2. The number of imidazole rings is 1. The van der Waals surface area contributed by atoms with E-state index in [0.717, 1.165) is 41.1 Å². The molecule has 3 aromatic carbocycles. The standard InChI is InChI=1S/C30H30N4O3/c1-2-37-26-15-9-14-25(19-26)34-20-27(23-12-7-4-8-13-23)31-30(34)32-28(35)21-33(24-16-17-24)29(36)18-22-10-5-3-6-11-22/h3-15,19-20,24H,2,16-18,21H2,1H3,(H,31,32,35). The molecule has 0 atom stereocenters. The Morgan fingerprint density at radius 2 is 1.73 bits per heavy atom. The third-order valence-corrected chi connectivity index (χ3v) is 6.25. The number of anilines is 1. The predicted octanol–water partition coefficient (Wildman–Crippen LogP) is 5.11. The maximum Gasteiger partial charge on any atom is 0.246 e. The Hall–Kier alpha value is -4.39. The molecule has 1 saturated carbocycles. The molecule has 1 N–H and O–H groups in total. The third kappa shape index (κ3) is 6.06. The van der Waals surface area contributed by atoms with E-state index in [-0.39, 0.29) is 30.8 Å². The van der Waals surface area contributed by atoms with Crippen molar-refractivity contribution in [3.05, 3.63) is 96.7 Å². The minimum atomic E-state index is -0.277. The zero-order valence-electron chi connectivity index (χ0n) is 20.8. The van der Waals surface area contributed by atoms with Crippen molar-refractivity contribution in [2.75, 3.05) is 18.5 Å². The fourth-order valence-electron chi connectivity index (χ4n) is 4.30. The van der Waals surface area contributed by atoms with Gasteiger partial charge in [-0.25, -0.2) is 4.98 Å². The topological polar surface area (TPSA) is 76.5 Å². The fourth-order valence-corrected chi connectivity index (χ4v) is 4.30. The Bertz CT molecular complexity index is 1360. The Morgan fingerprint density at radius 1 is 1.00 bits per heavy atom. The molecule has 1 aliphatic rings. The van der Waals surface area contributed by atoms with Crippen LogP contribution in [0.1, 0.15) is 25.3 Å². The average Bonchev–Trinajstić information content (AvgIpc) is 3.68. The molecule has 2 amide bonds. The third-order valence-electron chi connectivity index (χ3n) is 6.25. The predicted molar refractivity (Wildman–Crippen MR) is 144 cm³/mol. The Labute approximate surface area is 216 Å². The number of carbonyl (C=O) groups is 2. The van der Waals surface area contributed by atoms with E-state index in [0.29, 0.717) is 12.6 Å². The molecule has 37 heavy (non-hydrogen) atoms. The SMILES string of the molecule is CCOc1cccc(-n2cc(-c3ccccc3)nc2NC(=O)CN(C(=O)Cc2ccccc2)C2CC2)c1. The number of rotatable bonds is 10. The molecule has 1 heterocycles. The van der Waals surface area contributed by atoms with Crippen LogP contribution in [0.4, 0.5) is 5.95 Å². The lowest BCUT2D eigenvalue weighted by molar-refractivity contribution is -0.134. The van der Waals surface area contributed by atoms with Crippen molar-refractivity contribution in [1.29, 1.82) is 0 Å². The molecule has 0 bridgehead atoms. The summed E-state index contributed by atoms with van der Waals surface area (Å²) in [5, 5.41) is 2.96. The van der Waals surface area contributed by atoms with Gasteiger partial charge in [0, 0.05) is 23.9 Å². The van der Waals surface area contributed by atoms with Crippen molar-refractivity contribution in [2.45, 2.75) is 32.2 Å². The molecule has 0 saturated heterocycles. The van der Waals surface area contributed by atoms with Gasteiger partial charge in [-0.1, -0.05) is 66.7 Å². The van der Waals surface area contributed by atoms with Crippen LogP contribution in [0, 0.1) is 0 Å². The maximum atomic E-state index is 13.2. The lowest BCUT2D eigenvalue weighted by atomic mass is 10.1. The van der Waals surface area contributed by atoms with Gasteiger partial charge in [0.1, 0.15) is 12.3 Å². The summed E-state index contributed by atoms with van der Waals surface area (Å²) in [6, 6.07) is 27.2. The molecule has 1 aromatic heterocycles. The van der Waals surface area contributed by atoms with E-state index < -0.39 is 0 Å². The number of ether oxygens (including phenoxy) is 1. The highest BCUT2D eigenvalue weighted by Crippen LogP contribution is 2.29. The molecule has 1 aliphatic carbocycles. The van der Waals surface area contributed by atoms with Crippen molar-refractivity contribution in [1.82, 2.24) is 14.5 Å². The van der Waals surface area contributed by atoms with Gasteiger partial charge >= 0.3 is 0 Å². The van der Waals surface area contributed by atoms with Gasteiger partial charge in [-0.15, -0.1) is 0 Å². The van der Waals surface area contributed by atoms with Crippen molar-refractivity contribution in [3.63, 3.8) is 0 Å². The number of carbonyl (C=O) groups excluding carboxylic acids is 2. The van der Waals surface area contributed by atoms with E-state index in [1.165, 1.54) is 0 Å². The number of nitrogens with zero attached hydrogens (tertiary/aromatic N) is 3. The first-order valence-corrected chi connectivity index (χ1v) is 12.6. The maximum absolute atomic E-state index is 13.2. The highest BCUT2D eigenvalue weighted by Gasteiger charge is 2.34. The Morgan fingerprint density at radius 3 is 2.43 bits per heavy atom. The number of nitrogens with one attached hydrogen (secondary N) is 1. The van der Waals surface area contributed by atoms with E-state index in [4.69, 9.17) is 9.72 Å². The summed E-state index contributed by atoms with van der Waals surface area (Å²) in [5.41, 5.74) is 3.43. The summed E-state index contributed by atoms with van der Waals surface area (Å²) in [6.07, 6.45) is 4.02. The van der Waals surface area contributed by atoms with E-state index in [1.54, 1.807) is 4.90 Å². The van der Waals surface area contributed by atoms with Gasteiger partial charge in [0.15, 0.2) is 0 Å². The van der Waals surface area contributed by atoms with Crippen LogP contribution in [0.25, 0.3) is 16.9 Å². The second-order valence-electron chi connectivity index (χ2n) is 9.08. The molecule has 0 radical (unpaired) electrons. The van der Waals surface area contributed by atoms with Crippen molar-refractivity contribution < 1.29 is 14.3 Å². The van der Waals surface area contributed by atoms with Gasteiger partial charge in [-0.05, 0) is 37.5 Å². The molecule has 0 spiro atoms. The highest BCUT2D eigenvalue weighted by atomic mass is 16.5. The van der Waals surface area contributed by atoms with Crippen molar-refractivity contribution in [3.8, 4) is 22.7 Å². The molecule has 4 aromatic rings. The normalized spacial score (nSPS) is 12.7. The zero-order chi connectivity index (χ0) is 25.6. The van der Waals surface area contributed by atoms with Gasteiger partial charge < -0.3 is 9.64 Å². The summed E-state index contributed by atoms with van der Waals surface area (Å²) < 4.78 is 7.52. The summed E-state index contributed by atoms with van der Waals surface area (Å²) in [6.45, 7) is 2.48. The number of hydrogen-bond donors (Lipinski definition) is 1. The lowest BCUT2D eigenvalue weighted by Crippen LogP contribution is -2.40. The van der Waals surface area contributed by atoms with Gasteiger partial charge in [0.25, 0.3) is 0 Å². The first kappa shape index (κ1) is 24.3. The number of aromatic nitrogens is 2.